The van der Waals surface area contributed by atoms with E-state index in [0.717, 1.165) is 16.0 Å². The number of anilines is 1. The largest absolute Gasteiger partial charge is 0.359 e. The van der Waals surface area contributed by atoms with E-state index in [2.05, 4.69) is 0 Å². The maximum absolute atomic E-state index is 14.5. The van der Waals surface area contributed by atoms with E-state index in [1.807, 2.05) is 62.2 Å². The Morgan fingerprint density at radius 2 is 1.58 bits per heavy atom. The standard InChI is InChI=1S/C25H23FN2O3/c1-25(2,3)22(29)21-19-18(20-15-9-5-4-8-14(15)12-13-27(20)21)23(30)28(24(19)31)17-11-7-6-10-16(17)26/h4-13,18-21H,1-3H3/t18-,19+,20+,21-/m0/s1. The highest BCUT2D eigenvalue weighted by atomic mass is 19.1. The molecule has 0 N–H and O–H groups in total. The van der Waals surface area contributed by atoms with Gasteiger partial charge in [0.25, 0.3) is 0 Å². The van der Waals surface area contributed by atoms with E-state index in [-0.39, 0.29) is 11.5 Å². The molecule has 3 heterocycles. The van der Waals surface area contributed by atoms with Crippen LogP contribution < -0.4 is 4.90 Å². The molecule has 5 nitrogen and oxygen atoms in total. The number of Topliss-reactive ketones (excluding diaryl/α,β-unsaturated/α-hetero) is 1. The van der Waals surface area contributed by atoms with Gasteiger partial charge in [0.15, 0.2) is 5.78 Å². The molecular weight excluding hydrogens is 395 g/mol. The van der Waals surface area contributed by atoms with E-state index < -0.39 is 47.0 Å². The zero-order valence-corrected chi connectivity index (χ0v) is 17.6. The van der Waals surface area contributed by atoms with Crippen LogP contribution in [0, 0.1) is 23.1 Å². The van der Waals surface area contributed by atoms with Crippen molar-refractivity contribution in [2.75, 3.05) is 4.90 Å². The second-order valence-corrected chi connectivity index (χ2v) is 9.41. The van der Waals surface area contributed by atoms with Crippen LogP contribution in [-0.4, -0.2) is 28.5 Å². The summed E-state index contributed by atoms with van der Waals surface area (Å²) in [6.07, 6.45) is 3.74. The molecule has 2 aromatic rings. The van der Waals surface area contributed by atoms with Gasteiger partial charge in [0, 0.05) is 11.6 Å². The fourth-order valence-corrected chi connectivity index (χ4v) is 5.17. The Balaban J connectivity index is 1.69. The fraction of sp³-hybridized carbons (Fsp3) is 0.320. The predicted octanol–water partition coefficient (Wildman–Crippen LogP) is 3.96. The highest BCUT2D eigenvalue weighted by Gasteiger charge is 2.65. The van der Waals surface area contributed by atoms with Gasteiger partial charge < -0.3 is 4.90 Å². The van der Waals surface area contributed by atoms with E-state index in [1.54, 1.807) is 6.07 Å². The lowest BCUT2D eigenvalue weighted by Crippen LogP contribution is -2.47. The van der Waals surface area contributed by atoms with Crippen molar-refractivity contribution in [3.63, 3.8) is 0 Å². The van der Waals surface area contributed by atoms with Gasteiger partial charge in [-0.2, -0.15) is 0 Å². The molecule has 2 fully saturated rings. The molecule has 0 saturated carbocycles. The zero-order valence-electron chi connectivity index (χ0n) is 17.6. The summed E-state index contributed by atoms with van der Waals surface area (Å²) >= 11 is 0. The Labute approximate surface area is 180 Å². The number of ketones is 1. The zero-order chi connectivity index (χ0) is 22.1. The summed E-state index contributed by atoms with van der Waals surface area (Å²) in [6.45, 7) is 5.44. The van der Waals surface area contributed by atoms with Gasteiger partial charge in [-0.05, 0) is 29.3 Å². The molecule has 158 valence electrons. The Morgan fingerprint density at radius 1 is 0.935 bits per heavy atom. The number of hydrogen-bond donors (Lipinski definition) is 0. The second kappa shape index (κ2) is 6.61. The van der Waals surface area contributed by atoms with Gasteiger partial charge in [-0.1, -0.05) is 57.2 Å². The Kier molecular flexibility index (Phi) is 4.19. The predicted molar refractivity (Wildman–Crippen MR) is 114 cm³/mol. The van der Waals surface area contributed by atoms with Crippen LogP contribution in [0.3, 0.4) is 0 Å². The lowest BCUT2D eigenvalue weighted by molar-refractivity contribution is -0.135. The molecule has 0 bridgehead atoms. The maximum atomic E-state index is 14.5. The third-order valence-corrected chi connectivity index (χ3v) is 6.56. The molecule has 6 heteroatoms. The minimum atomic E-state index is -0.861. The molecule has 3 aliphatic rings. The third-order valence-electron chi connectivity index (χ3n) is 6.56. The molecule has 31 heavy (non-hydrogen) atoms. The van der Waals surface area contributed by atoms with Crippen LogP contribution in [-0.2, 0) is 14.4 Å². The van der Waals surface area contributed by atoms with Crippen LogP contribution >= 0.6 is 0 Å². The summed E-state index contributed by atoms with van der Waals surface area (Å²) < 4.78 is 14.5. The van der Waals surface area contributed by atoms with Crippen LogP contribution in [0.1, 0.15) is 37.9 Å². The molecule has 3 aliphatic heterocycles. The number of amides is 2. The van der Waals surface area contributed by atoms with E-state index in [9.17, 15) is 18.8 Å². The second-order valence-electron chi connectivity index (χ2n) is 9.41. The van der Waals surface area contributed by atoms with Gasteiger partial charge in [-0.3, -0.25) is 14.4 Å². The molecule has 0 spiro atoms. The smallest absolute Gasteiger partial charge is 0.240 e. The number of fused-ring (bicyclic) bond motifs is 5. The minimum absolute atomic E-state index is 0.0555. The fourth-order valence-electron chi connectivity index (χ4n) is 5.17. The first kappa shape index (κ1) is 19.7. The molecule has 4 atom stereocenters. The summed E-state index contributed by atoms with van der Waals surface area (Å²) in [5.41, 5.74) is 1.10. The molecule has 5 rings (SSSR count). The average molecular weight is 418 g/mol. The lowest BCUT2D eigenvalue weighted by Gasteiger charge is -2.37. The topological polar surface area (TPSA) is 57.7 Å². The minimum Gasteiger partial charge on any atom is -0.359 e. The van der Waals surface area contributed by atoms with E-state index in [0.29, 0.717) is 0 Å². The van der Waals surface area contributed by atoms with Crippen LogP contribution in [0.5, 0.6) is 0 Å². The Hall–Kier alpha value is -3.28. The van der Waals surface area contributed by atoms with E-state index >= 15 is 0 Å². The average Bonchev–Trinajstić information content (AvgIpc) is 3.20. The normalized spacial score (nSPS) is 26.7. The number of imide groups is 1. The first-order chi connectivity index (χ1) is 14.7. The van der Waals surface area contributed by atoms with Crippen LogP contribution in [0.25, 0.3) is 6.08 Å². The Morgan fingerprint density at radius 3 is 2.29 bits per heavy atom. The van der Waals surface area contributed by atoms with Crippen molar-refractivity contribution >= 4 is 29.4 Å². The highest BCUT2D eigenvalue weighted by molar-refractivity contribution is 6.24. The molecule has 2 aromatic carbocycles. The number of rotatable bonds is 2. The van der Waals surface area contributed by atoms with Crippen molar-refractivity contribution in [3.05, 3.63) is 71.7 Å². The van der Waals surface area contributed by atoms with Gasteiger partial charge in [0.2, 0.25) is 11.8 Å². The first-order valence-electron chi connectivity index (χ1n) is 10.4. The van der Waals surface area contributed by atoms with Crippen molar-refractivity contribution in [2.45, 2.75) is 32.9 Å². The van der Waals surface area contributed by atoms with Crippen LogP contribution in [0.4, 0.5) is 10.1 Å². The van der Waals surface area contributed by atoms with Crippen molar-refractivity contribution in [2.24, 2.45) is 17.3 Å². The number of para-hydroxylation sites is 1. The van der Waals surface area contributed by atoms with Crippen molar-refractivity contribution in [3.8, 4) is 0 Å². The molecule has 0 aromatic heterocycles. The highest BCUT2D eigenvalue weighted by Crippen LogP contribution is 2.54. The van der Waals surface area contributed by atoms with Gasteiger partial charge in [-0.25, -0.2) is 9.29 Å². The molecule has 2 amide bonds. The third kappa shape index (κ3) is 2.70. The lowest BCUT2D eigenvalue weighted by atomic mass is 9.79. The quantitative estimate of drug-likeness (QED) is 0.693. The number of hydrogen-bond acceptors (Lipinski definition) is 4. The van der Waals surface area contributed by atoms with Gasteiger partial charge >= 0.3 is 0 Å². The summed E-state index contributed by atoms with van der Waals surface area (Å²) in [5.74, 6) is -3.32. The molecule has 0 radical (unpaired) electrons. The summed E-state index contributed by atoms with van der Waals surface area (Å²) in [6, 6.07) is 12.2. The summed E-state index contributed by atoms with van der Waals surface area (Å²) in [5, 5.41) is 0. The number of halogens is 1. The van der Waals surface area contributed by atoms with Gasteiger partial charge in [0.1, 0.15) is 11.9 Å². The summed E-state index contributed by atoms with van der Waals surface area (Å²) in [4.78, 5) is 43.5. The SMILES string of the molecule is CC(C)(C)C(=O)[C@@H]1[C@@H]2C(=O)N(c3ccccc3F)C(=O)[C@@H]2[C@H]2c3ccccc3C=CN12. The van der Waals surface area contributed by atoms with Crippen LogP contribution in [0.2, 0.25) is 0 Å². The van der Waals surface area contributed by atoms with Crippen LogP contribution in [0.15, 0.2) is 54.7 Å². The first-order valence-corrected chi connectivity index (χ1v) is 10.4. The van der Waals surface area contributed by atoms with Crippen molar-refractivity contribution in [1.29, 1.82) is 0 Å². The monoisotopic (exact) mass is 418 g/mol. The number of carbonyl (C=O) groups excluding carboxylic acids is 3. The van der Waals surface area contributed by atoms with E-state index in [1.165, 1.54) is 18.2 Å². The van der Waals surface area contributed by atoms with Gasteiger partial charge in [0.05, 0.1) is 23.6 Å². The van der Waals surface area contributed by atoms with E-state index in [4.69, 9.17) is 0 Å². The van der Waals surface area contributed by atoms with Crippen molar-refractivity contribution < 1.29 is 18.8 Å². The maximum Gasteiger partial charge on any atom is 0.240 e. The number of carbonyl (C=O) groups is 3. The Bertz CT molecular complexity index is 1150. The number of benzene rings is 2. The van der Waals surface area contributed by atoms with Crippen molar-refractivity contribution in [1.82, 2.24) is 4.90 Å². The molecule has 0 aliphatic carbocycles. The molecule has 0 unspecified atom stereocenters. The summed E-state index contributed by atoms with van der Waals surface area (Å²) in [7, 11) is 0. The molecular formula is C25H23FN2O3. The molecule has 2 saturated heterocycles. The van der Waals surface area contributed by atoms with Gasteiger partial charge in [-0.15, -0.1) is 0 Å². The number of nitrogens with zero attached hydrogens (tertiary/aromatic N) is 2.